The third-order valence-electron chi connectivity index (χ3n) is 3.57. The molecule has 2 rings (SSSR count). The molecule has 0 aromatic heterocycles. The Hall–Kier alpha value is -2.68. The molecule has 0 bridgehead atoms. The average Bonchev–Trinajstić information content (AvgIpc) is 2.50. The third-order valence-corrected chi connectivity index (χ3v) is 3.57. The molecule has 1 unspecified atom stereocenters. The standard InChI is InChI=1S/C16H17N3O3/c1-11(7-17)8-19-15(21)9-18(10-16(19)22)14-5-3-13(4-6-14)12(2)20/h3-6,11H,8-10H2,1-2H3. The molecular weight excluding hydrogens is 282 g/mol. The lowest BCUT2D eigenvalue weighted by atomic mass is 10.1. The van der Waals surface area contributed by atoms with E-state index in [4.69, 9.17) is 5.26 Å². The Balaban J connectivity index is 2.11. The second-order valence-electron chi connectivity index (χ2n) is 5.39. The molecule has 0 spiro atoms. The van der Waals surface area contributed by atoms with Gasteiger partial charge < -0.3 is 4.90 Å². The third kappa shape index (κ3) is 3.31. The summed E-state index contributed by atoms with van der Waals surface area (Å²) in [5.74, 6) is -1.04. The van der Waals surface area contributed by atoms with E-state index in [2.05, 4.69) is 0 Å². The van der Waals surface area contributed by atoms with Crippen molar-refractivity contribution in [3.63, 3.8) is 0 Å². The number of nitriles is 1. The molecule has 0 N–H and O–H groups in total. The molecule has 2 amide bonds. The van der Waals surface area contributed by atoms with Crippen LogP contribution in [0.5, 0.6) is 0 Å². The lowest BCUT2D eigenvalue weighted by Gasteiger charge is -2.34. The van der Waals surface area contributed by atoms with E-state index in [1.54, 1.807) is 36.1 Å². The zero-order valence-corrected chi connectivity index (χ0v) is 12.6. The first-order valence-corrected chi connectivity index (χ1v) is 7.01. The second kappa shape index (κ2) is 6.39. The zero-order chi connectivity index (χ0) is 16.3. The topological polar surface area (TPSA) is 81.5 Å². The fraction of sp³-hybridized carbons (Fsp3) is 0.375. The summed E-state index contributed by atoms with van der Waals surface area (Å²) in [4.78, 5) is 38.3. The van der Waals surface area contributed by atoms with Crippen LogP contribution < -0.4 is 4.90 Å². The summed E-state index contributed by atoms with van der Waals surface area (Å²) >= 11 is 0. The summed E-state index contributed by atoms with van der Waals surface area (Å²) in [6, 6.07) is 8.83. The van der Waals surface area contributed by atoms with Gasteiger partial charge in [-0.05, 0) is 38.1 Å². The number of benzene rings is 1. The number of ketones is 1. The Morgan fingerprint density at radius 3 is 2.23 bits per heavy atom. The number of hydrogen-bond donors (Lipinski definition) is 0. The molecule has 1 atom stereocenters. The van der Waals surface area contributed by atoms with Crippen LogP contribution in [0, 0.1) is 17.2 Å². The second-order valence-corrected chi connectivity index (χ2v) is 5.39. The van der Waals surface area contributed by atoms with Gasteiger partial charge >= 0.3 is 0 Å². The van der Waals surface area contributed by atoms with Gasteiger partial charge in [0.25, 0.3) is 0 Å². The first kappa shape index (κ1) is 15.7. The smallest absolute Gasteiger partial charge is 0.248 e. The molecule has 0 radical (unpaired) electrons. The molecule has 0 aliphatic carbocycles. The van der Waals surface area contributed by atoms with Crippen LogP contribution in [0.1, 0.15) is 24.2 Å². The fourth-order valence-electron chi connectivity index (χ4n) is 2.30. The molecule has 1 aromatic carbocycles. The van der Waals surface area contributed by atoms with E-state index < -0.39 is 0 Å². The summed E-state index contributed by atoms with van der Waals surface area (Å²) < 4.78 is 0. The van der Waals surface area contributed by atoms with Gasteiger partial charge in [0.15, 0.2) is 5.78 Å². The molecule has 1 heterocycles. The summed E-state index contributed by atoms with van der Waals surface area (Å²) in [6.07, 6.45) is 0. The van der Waals surface area contributed by atoms with E-state index in [1.807, 2.05) is 6.07 Å². The van der Waals surface area contributed by atoms with Gasteiger partial charge in [-0.1, -0.05) is 0 Å². The summed E-state index contributed by atoms with van der Waals surface area (Å²) in [5, 5.41) is 8.80. The number of Topliss-reactive ketones (excluding diaryl/α,β-unsaturated/α-hetero) is 1. The van der Waals surface area contributed by atoms with Crippen LogP contribution in [0.4, 0.5) is 5.69 Å². The number of imide groups is 1. The van der Waals surface area contributed by atoms with Gasteiger partial charge in [0.2, 0.25) is 11.8 Å². The Kier molecular flexibility index (Phi) is 4.56. The van der Waals surface area contributed by atoms with Gasteiger partial charge in [-0.3, -0.25) is 19.3 Å². The van der Waals surface area contributed by atoms with E-state index in [1.165, 1.54) is 6.92 Å². The fourth-order valence-corrected chi connectivity index (χ4v) is 2.30. The van der Waals surface area contributed by atoms with Gasteiger partial charge in [-0.2, -0.15) is 5.26 Å². The number of piperazine rings is 1. The van der Waals surface area contributed by atoms with Crippen molar-refractivity contribution in [1.29, 1.82) is 5.26 Å². The van der Waals surface area contributed by atoms with Crippen LogP contribution in [0.15, 0.2) is 24.3 Å². The van der Waals surface area contributed by atoms with Crippen molar-refractivity contribution in [2.75, 3.05) is 24.5 Å². The van der Waals surface area contributed by atoms with Crippen molar-refractivity contribution in [2.24, 2.45) is 5.92 Å². The van der Waals surface area contributed by atoms with Gasteiger partial charge in [0, 0.05) is 17.8 Å². The zero-order valence-electron chi connectivity index (χ0n) is 12.6. The van der Waals surface area contributed by atoms with Crippen molar-refractivity contribution in [1.82, 2.24) is 4.90 Å². The molecule has 0 saturated carbocycles. The van der Waals surface area contributed by atoms with Crippen molar-refractivity contribution < 1.29 is 14.4 Å². The predicted molar refractivity (Wildman–Crippen MR) is 80.2 cm³/mol. The summed E-state index contributed by atoms with van der Waals surface area (Å²) in [6.45, 7) is 3.46. The number of hydrogen-bond acceptors (Lipinski definition) is 5. The van der Waals surface area contributed by atoms with Crippen molar-refractivity contribution >= 4 is 23.3 Å². The van der Waals surface area contributed by atoms with E-state index >= 15 is 0 Å². The van der Waals surface area contributed by atoms with Gasteiger partial charge in [0.05, 0.1) is 25.1 Å². The number of rotatable bonds is 4. The van der Waals surface area contributed by atoms with Crippen molar-refractivity contribution in [3.05, 3.63) is 29.8 Å². The Morgan fingerprint density at radius 1 is 1.23 bits per heavy atom. The Labute approximate surface area is 128 Å². The highest BCUT2D eigenvalue weighted by atomic mass is 16.2. The SMILES string of the molecule is CC(=O)c1ccc(N2CC(=O)N(CC(C)C#N)C(=O)C2)cc1. The van der Waals surface area contributed by atoms with E-state index in [-0.39, 0.29) is 43.1 Å². The maximum Gasteiger partial charge on any atom is 0.248 e. The highest BCUT2D eigenvalue weighted by molar-refractivity contribution is 6.03. The Bertz CT molecular complexity index is 628. The normalized spacial score (nSPS) is 16.4. The molecule has 22 heavy (non-hydrogen) atoms. The predicted octanol–water partition coefficient (Wildman–Crippen LogP) is 1.22. The van der Waals surface area contributed by atoms with E-state index in [0.717, 1.165) is 10.6 Å². The molecule has 1 saturated heterocycles. The number of carbonyl (C=O) groups is 3. The largest absolute Gasteiger partial charge is 0.353 e. The Morgan fingerprint density at radius 2 is 1.77 bits per heavy atom. The summed E-state index contributed by atoms with van der Waals surface area (Å²) in [5.41, 5.74) is 1.31. The van der Waals surface area contributed by atoms with Crippen LogP contribution >= 0.6 is 0 Å². The van der Waals surface area contributed by atoms with Crippen molar-refractivity contribution in [3.8, 4) is 6.07 Å². The van der Waals surface area contributed by atoms with Gasteiger partial charge in [0.1, 0.15) is 0 Å². The molecule has 6 nitrogen and oxygen atoms in total. The van der Waals surface area contributed by atoms with Gasteiger partial charge in [-0.15, -0.1) is 0 Å². The molecule has 1 aliphatic rings. The minimum absolute atomic E-state index is 0.0333. The minimum atomic E-state index is -0.380. The quantitative estimate of drug-likeness (QED) is 0.617. The molecular formula is C16H17N3O3. The average molecular weight is 299 g/mol. The maximum absolute atomic E-state index is 12.1. The molecule has 6 heteroatoms. The van der Waals surface area contributed by atoms with Crippen LogP contribution in [0.3, 0.4) is 0 Å². The number of anilines is 1. The van der Waals surface area contributed by atoms with Crippen LogP contribution in [0.25, 0.3) is 0 Å². The number of carbonyl (C=O) groups excluding carboxylic acids is 3. The van der Waals surface area contributed by atoms with Crippen LogP contribution in [0.2, 0.25) is 0 Å². The first-order valence-electron chi connectivity index (χ1n) is 7.01. The van der Waals surface area contributed by atoms with Crippen molar-refractivity contribution in [2.45, 2.75) is 13.8 Å². The highest BCUT2D eigenvalue weighted by Gasteiger charge is 2.31. The molecule has 1 aromatic rings. The van der Waals surface area contributed by atoms with E-state index in [0.29, 0.717) is 5.56 Å². The van der Waals surface area contributed by atoms with E-state index in [9.17, 15) is 14.4 Å². The molecule has 1 fully saturated rings. The lowest BCUT2D eigenvalue weighted by molar-refractivity contribution is -0.145. The highest BCUT2D eigenvalue weighted by Crippen LogP contribution is 2.19. The maximum atomic E-state index is 12.1. The van der Waals surface area contributed by atoms with Gasteiger partial charge in [-0.25, -0.2) is 0 Å². The summed E-state index contributed by atoms with van der Waals surface area (Å²) in [7, 11) is 0. The number of nitrogens with zero attached hydrogens (tertiary/aromatic N) is 3. The lowest BCUT2D eigenvalue weighted by Crippen LogP contribution is -2.55. The number of amides is 2. The van der Waals surface area contributed by atoms with Crippen LogP contribution in [-0.2, 0) is 9.59 Å². The minimum Gasteiger partial charge on any atom is -0.353 e. The van der Waals surface area contributed by atoms with Crippen LogP contribution in [-0.4, -0.2) is 42.1 Å². The molecule has 114 valence electrons. The molecule has 1 aliphatic heterocycles. The first-order chi connectivity index (χ1) is 10.4. The monoisotopic (exact) mass is 299 g/mol.